The Balaban J connectivity index is 2.66. The SMILES string of the molecule is CC(C)(C)C(C(=O)O)C1CO1. The van der Waals surface area contributed by atoms with Gasteiger partial charge in [0, 0.05) is 0 Å². The quantitative estimate of drug-likeness (QED) is 0.613. The van der Waals surface area contributed by atoms with E-state index in [0.717, 1.165) is 0 Å². The van der Waals surface area contributed by atoms with Crippen LogP contribution < -0.4 is 0 Å². The third-order valence-electron chi connectivity index (χ3n) is 1.93. The molecule has 0 aromatic rings. The minimum atomic E-state index is -0.750. The van der Waals surface area contributed by atoms with Gasteiger partial charge in [-0.25, -0.2) is 0 Å². The molecule has 1 fully saturated rings. The summed E-state index contributed by atoms with van der Waals surface area (Å²) in [5, 5.41) is 8.84. The van der Waals surface area contributed by atoms with E-state index in [2.05, 4.69) is 0 Å². The van der Waals surface area contributed by atoms with Gasteiger partial charge in [0.25, 0.3) is 0 Å². The van der Waals surface area contributed by atoms with Crippen LogP contribution >= 0.6 is 0 Å². The minimum absolute atomic E-state index is 0.0486. The van der Waals surface area contributed by atoms with E-state index in [1.807, 2.05) is 20.8 Å². The van der Waals surface area contributed by atoms with E-state index < -0.39 is 5.97 Å². The Bertz CT molecular complexity index is 165. The molecule has 0 aromatic heterocycles. The normalized spacial score (nSPS) is 26.3. The fraction of sp³-hybridized carbons (Fsp3) is 0.875. The number of aliphatic carboxylic acids is 1. The standard InChI is InChI=1S/C8H14O3/c1-8(2,3)6(7(9)10)5-4-11-5/h5-6H,4H2,1-3H3,(H,9,10). The maximum absolute atomic E-state index is 10.7. The largest absolute Gasteiger partial charge is 0.481 e. The lowest BCUT2D eigenvalue weighted by Crippen LogP contribution is -2.32. The van der Waals surface area contributed by atoms with Crippen LogP contribution in [0.2, 0.25) is 0 Å². The van der Waals surface area contributed by atoms with Crippen molar-refractivity contribution in [2.45, 2.75) is 26.9 Å². The summed E-state index contributed by atoms with van der Waals surface area (Å²) in [5.41, 5.74) is -0.201. The average molecular weight is 158 g/mol. The van der Waals surface area contributed by atoms with Crippen LogP contribution in [0.25, 0.3) is 0 Å². The molecule has 0 saturated carbocycles. The third kappa shape index (κ3) is 1.93. The molecule has 0 amide bonds. The van der Waals surface area contributed by atoms with Crippen LogP contribution in [-0.4, -0.2) is 23.8 Å². The fourth-order valence-electron chi connectivity index (χ4n) is 1.34. The van der Waals surface area contributed by atoms with E-state index in [4.69, 9.17) is 9.84 Å². The van der Waals surface area contributed by atoms with E-state index in [9.17, 15) is 4.79 Å². The summed E-state index contributed by atoms with van der Waals surface area (Å²) < 4.78 is 4.98. The number of carboxylic acids is 1. The van der Waals surface area contributed by atoms with Crippen molar-refractivity contribution in [2.24, 2.45) is 11.3 Å². The lowest BCUT2D eigenvalue weighted by atomic mass is 9.79. The Morgan fingerprint density at radius 3 is 2.18 bits per heavy atom. The highest BCUT2D eigenvalue weighted by Gasteiger charge is 2.44. The van der Waals surface area contributed by atoms with Gasteiger partial charge < -0.3 is 9.84 Å². The van der Waals surface area contributed by atoms with Gasteiger partial charge in [-0.05, 0) is 5.41 Å². The predicted molar refractivity (Wildman–Crippen MR) is 40.3 cm³/mol. The number of hydrogen-bond donors (Lipinski definition) is 1. The molecule has 64 valence electrons. The van der Waals surface area contributed by atoms with E-state index >= 15 is 0 Å². The highest BCUT2D eigenvalue weighted by atomic mass is 16.6. The van der Waals surface area contributed by atoms with Crippen LogP contribution in [-0.2, 0) is 9.53 Å². The summed E-state index contributed by atoms with van der Waals surface area (Å²) >= 11 is 0. The van der Waals surface area contributed by atoms with Crippen LogP contribution in [0.1, 0.15) is 20.8 Å². The molecule has 2 unspecified atom stereocenters. The highest BCUT2D eigenvalue weighted by molar-refractivity contribution is 5.72. The molecule has 3 nitrogen and oxygen atoms in total. The minimum Gasteiger partial charge on any atom is -0.481 e. The molecule has 1 aliphatic rings. The fourth-order valence-corrected chi connectivity index (χ4v) is 1.34. The molecular weight excluding hydrogens is 144 g/mol. The Labute approximate surface area is 66.4 Å². The number of carboxylic acid groups (broad SMARTS) is 1. The summed E-state index contributed by atoms with van der Waals surface area (Å²) in [7, 11) is 0. The van der Waals surface area contributed by atoms with Crippen LogP contribution in [0, 0.1) is 11.3 Å². The number of rotatable bonds is 2. The van der Waals surface area contributed by atoms with Crippen molar-refractivity contribution in [3.05, 3.63) is 0 Å². The molecule has 0 aromatic carbocycles. The molecule has 11 heavy (non-hydrogen) atoms. The second kappa shape index (κ2) is 2.48. The average Bonchev–Trinajstić information content (AvgIpc) is 2.42. The molecule has 1 aliphatic heterocycles. The predicted octanol–water partition coefficient (Wildman–Crippen LogP) is 1.13. The van der Waals surface area contributed by atoms with Gasteiger partial charge in [-0.2, -0.15) is 0 Å². The zero-order chi connectivity index (χ0) is 8.65. The number of hydrogen-bond acceptors (Lipinski definition) is 2. The van der Waals surface area contributed by atoms with Crippen molar-refractivity contribution >= 4 is 5.97 Å². The van der Waals surface area contributed by atoms with Crippen LogP contribution in [0.3, 0.4) is 0 Å². The second-order valence-electron chi connectivity index (χ2n) is 4.05. The van der Waals surface area contributed by atoms with E-state index in [1.165, 1.54) is 0 Å². The first-order chi connectivity index (χ1) is 4.93. The maximum atomic E-state index is 10.7. The molecule has 0 bridgehead atoms. The molecule has 0 spiro atoms. The zero-order valence-corrected chi connectivity index (χ0v) is 7.13. The summed E-state index contributed by atoms with van der Waals surface area (Å²) in [6.07, 6.45) is -0.0486. The van der Waals surface area contributed by atoms with Gasteiger partial charge in [0.05, 0.1) is 18.6 Å². The second-order valence-corrected chi connectivity index (χ2v) is 4.05. The van der Waals surface area contributed by atoms with Crippen LogP contribution in [0.4, 0.5) is 0 Å². The summed E-state index contributed by atoms with van der Waals surface area (Å²) in [6.45, 7) is 6.38. The molecule has 1 N–H and O–H groups in total. The summed E-state index contributed by atoms with van der Waals surface area (Å²) in [6, 6.07) is 0. The molecule has 1 rings (SSSR count). The lowest BCUT2D eigenvalue weighted by molar-refractivity contribution is -0.146. The first-order valence-electron chi connectivity index (χ1n) is 3.77. The molecule has 2 atom stereocenters. The number of carbonyl (C=O) groups is 1. The molecular formula is C8H14O3. The molecule has 1 heterocycles. The van der Waals surface area contributed by atoms with Crippen molar-refractivity contribution in [3.8, 4) is 0 Å². The smallest absolute Gasteiger partial charge is 0.309 e. The third-order valence-corrected chi connectivity index (χ3v) is 1.93. The van der Waals surface area contributed by atoms with Crippen molar-refractivity contribution in [2.75, 3.05) is 6.61 Å². The first kappa shape index (κ1) is 8.53. The van der Waals surface area contributed by atoms with E-state index in [-0.39, 0.29) is 17.4 Å². The van der Waals surface area contributed by atoms with Gasteiger partial charge in [0.2, 0.25) is 0 Å². The van der Waals surface area contributed by atoms with Crippen molar-refractivity contribution in [3.63, 3.8) is 0 Å². The maximum Gasteiger partial charge on any atom is 0.309 e. The van der Waals surface area contributed by atoms with E-state index in [1.54, 1.807) is 0 Å². The number of epoxide rings is 1. The molecule has 0 aliphatic carbocycles. The summed E-state index contributed by atoms with van der Waals surface area (Å²) in [4.78, 5) is 10.7. The topological polar surface area (TPSA) is 49.8 Å². The molecule has 1 saturated heterocycles. The van der Waals surface area contributed by atoms with Crippen molar-refractivity contribution < 1.29 is 14.6 Å². The number of ether oxygens (including phenoxy) is 1. The molecule has 0 radical (unpaired) electrons. The highest BCUT2D eigenvalue weighted by Crippen LogP contribution is 2.35. The van der Waals surface area contributed by atoms with Crippen LogP contribution in [0.5, 0.6) is 0 Å². The van der Waals surface area contributed by atoms with Gasteiger partial charge in [-0.3, -0.25) is 4.79 Å². The Kier molecular flexibility index (Phi) is 1.92. The van der Waals surface area contributed by atoms with Crippen LogP contribution in [0.15, 0.2) is 0 Å². The van der Waals surface area contributed by atoms with Crippen molar-refractivity contribution in [1.82, 2.24) is 0 Å². The molecule has 3 heteroatoms. The zero-order valence-electron chi connectivity index (χ0n) is 7.13. The van der Waals surface area contributed by atoms with E-state index in [0.29, 0.717) is 6.61 Å². The summed E-state index contributed by atoms with van der Waals surface area (Å²) in [5.74, 6) is -1.11. The van der Waals surface area contributed by atoms with Gasteiger partial charge in [-0.15, -0.1) is 0 Å². The Morgan fingerprint density at radius 1 is 1.64 bits per heavy atom. The van der Waals surface area contributed by atoms with Crippen molar-refractivity contribution in [1.29, 1.82) is 0 Å². The van der Waals surface area contributed by atoms with Gasteiger partial charge in [0.1, 0.15) is 0 Å². The van der Waals surface area contributed by atoms with Gasteiger partial charge in [0.15, 0.2) is 0 Å². The monoisotopic (exact) mass is 158 g/mol. The Morgan fingerprint density at radius 2 is 2.09 bits per heavy atom. The first-order valence-corrected chi connectivity index (χ1v) is 3.77. The van der Waals surface area contributed by atoms with Gasteiger partial charge >= 0.3 is 5.97 Å². The Hall–Kier alpha value is -0.570. The lowest BCUT2D eigenvalue weighted by Gasteiger charge is -2.25. The van der Waals surface area contributed by atoms with Gasteiger partial charge in [-0.1, -0.05) is 20.8 Å².